The van der Waals surface area contributed by atoms with Gasteiger partial charge in [0.1, 0.15) is 0 Å². The van der Waals surface area contributed by atoms with E-state index >= 15 is 0 Å². The molecule has 2 N–H and O–H groups in total. The molecule has 0 spiro atoms. The number of anilines is 1. The predicted octanol–water partition coefficient (Wildman–Crippen LogP) is 3.69. The Morgan fingerprint density at radius 2 is 1.90 bits per heavy atom. The molecule has 0 fully saturated rings. The van der Waals surface area contributed by atoms with Gasteiger partial charge in [0.05, 0.1) is 6.21 Å². The molecule has 0 aliphatic heterocycles. The molecule has 29 heavy (non-hydrogen) atoms. The van der Waals surface area contributed by atoms with Gasteiger partial charge in [0.25, 0.3) is 5.91 Å². The van der Waals surface area contributed by atoms with E-state index in [0.29, 0.717) is 18.4 Å². The molecular weight excluding hydrogens is 434 g/mol. The Balaban J connectivity index is 1.49. The van der Waals surface area contributed by atoms with Gasteiger partial charge in [-0.3, -0.25) is 4.79 Å². The number of carbonyl (C=O) groups is 1. The third-order valence-electron chi connectivity index (χ3n) is 3.75. The quantitative estimate of drug-likeness (QED) is 0.401. The lowest BCUT2D eigenvalue weighted by molar-refractivity contribution is -0.123. The minimum atomic E-state index is -0.381. The lowest BCUT2D eigenvalue weighted by atomic mass is 10.2. The number of hydrogen-bond acceptors (Lipinski definition) is 6. The second kappa shape index (κ2) is 10.3. The van der Waals surface area contributed by atoms with Crippen LogP contribution in [0.4, 0.5) is 5.95 Å². The van der Waals surface area contributed by atoms with Crippen molar-refractivity contribution in [2.24, 2.45) is 5.10 Å². The standard InChI is InChI=1S/C21H20BrN5O2/c1-15-11-20(26-21(25-15)23-12-16-5-3-2-4-6-16)29-14-19(28)27-24-13-17-7-9-18(22)10-8-17/h2-11,13H,12,14H2,1H3,(H,27,28)(H,23,25,26). The number of aryl methyl sites for hydroxylation is 1. The van der Waals surface area contributed by atoms with Crippen molar-refractivity contribution < 1.29 is 9.53 Å². The summed E-state index contributed by atoms with van der Waals surface area (Å²) in [4.78, 5) is 20.5. The zero-order valence-electron chi connectivity index (χ0n) is 15.8. The number of rotatable bonds is 8. The zero-order valence-corrected chi connectivity index (χ0v) is 17.4. The Labute approximate surface area is 177 Å². The number of nitrogens with zero attached hydrogens (tertiary/aromatic N) is 3. The molecule has 1 amide bonds. The number of nitrogens with one attached hydrogen (secondary N) is 2. The van der Waals surface area contributed by atoms with E-state index in [-0.39, 0.29) is 12.5 Å². The summed E-state index contributed by atoms with van der Waals surface area (Å²) in [5.74, 6) is 0.381. The third kappa shape index (κ3) is 7.00. The minimum absolute atomic E-state index is 0.202. The predicted molar refractivity (Wildman–Crippen MR) is 116 cm³/mol. The maximum Gasteiger partial charge on any atom is 0.278 e. The second-order valence-electron chi connectivity index (χ2n) is 6.14. The number of benzene rings is 2. The van der Waals surface area contributed by atoms with Crippen LogP contribution in [-0.4, -0.2) is 28.7 Å². The first-order chi connectivity index (χ1) is 14.1. The van der Waals surface area contributed by atoms with Crippen LogP contribution in [0.1, 0.15) is 16.8 Å². The molecule has 1 heterocycles. The van der Waals surface area contributed by atoms with Crippen LogP contribution in [0.15, 0.2) is 70.2 Å². The number of halogens is 1. The van der Waals surface area contributed by atoms with E-state index in [1.807, 2.05) is 61.5 Å². The maximum atomic E-state index is 11.9. The molecule has 7 nitrogen and oxygen atoms in total. The molecule has 0 radical (unpaired) electrons. The van der Waals surface area contributed by atoms with Crippen LogP contribution in [-0.2, 0) is 11.3 Å². The average Bonchev–Trinajstić information content (AvgIpc) is 2.73. The highest BCUT2D eigenvalue weighted by Crippen LogP contribution is 2.13. The summed E-state index contributed by atoms with van der Waals surface area (Å²) in [6.07, 6.45) is 1.56. The van der Waals surface area contributed by atoms with Crippen molar-refractivity contribution >= 4 is 34.0 Å². The van der Waals surface area contributed by atoms with E-state index in [1.165, 1.54) is 0 Å². The lowest BCUT2D eigenvalue weighted by Gasteiger charge is -2.09. The van der Waals surface area contributed by atoms with Crippen molar-refractivity contribution in [2.75, 3.05) is 11.9 Å². The number of hydrazone groups is 1. The molecule has 2 aromatic carbocycles. The van der Waals surface area contributed by atoms with Crippen LogP contribution >= 0.6 is 15.9 Å². The monoisotopic (exact) mass is 453 g/mol. The Kier molecular flexibility index (Phi) is 7.29. The van der Waals surface area contributed by atoms with Gasteiger partial charge in [0, 0.05) is 22.8 Å². The summed E-state index contributed by atoms with van der Waals surface area (Å²) in [5.41, 5.74) is 5.15. The molecule has 0 aliphatic rings. The molecule has 0 aliphatic carbocycles. The highest BCUT2D eigenvalue weighted by molar-refractivity contribution is 9.10. The summed E-state index contributed by atoms with van der Waals surface area (Å²) in [6, 6.07) is 19.2. The SMILES string of the molecule is Cc1cc(OCC(=O)NN=Cc2ccc(Br)cc2)nc(NCc2ccccc2)n1. The fourth-order valence-corrected chi connectivity index (χ4v) is 2.63. The summed E-state index contributed by atoms with van der Waals surface area (Å²) in [7, 11) is 0. The highest BCUT2D eigenvalue weighted by Gasteiger charge is 2.06. The van der Waals surface area contributed by atoms with Crippen molar-refractivity contribution in [3.63, 3.8) is 0 Å². The van der Waals surface area contributed by atoms with E-state index in [2.05, 4.69) is 41.7 Å². The van der Waals surface area contributed by atoms with Crippen LogP contribution in [0.2, 0.25) is 0 Å². The average molecular weight is 454 g/mol. The van der Waals surface area contributed by atoms with Gasteiger partial charge >= 0.3 is 0 Å². The van der Waals surface area contributed by atoms with E-state index < -0.39 is 0 Å². The van der Waals surface area contributed by atoms with E-state index in [1.54, 1.807) is 12.3 Å². The Morgan fingerprint density at radius 1 is 1.14 bits per heavy atom. The van der Waals surface area contributed by atoms with Crippen molar-refractivity contribution in [2.45, 2.75) is 13.5 Å². The summed E-state index contributed by atoms with van der Waals surface area (Å²) >= 11 is 3.37. The Morgan fingerprint density at radius 3 is 2.66 bits per heavy atom. The van der Waals surface area contributed by atoms with Gasteiger partial charge < -0.3 is 10.1 Å². The third-order valence-corrected chi connectivity index (χ3v) is 4.28. The van der Waals surface area contributed by atoms with Crippen molar-refractivity contribution in [1.29, 1.82) is 0 Å². The first-order valence-electron chi connectivity index (χ1n) is 8.92. The Hall–Kier alpha value is -3.26. The lowest BCUT2D eigenvalue weighted by Crippen LogP contribution is -2.25. The largest absolute Gasteiger partial charge is 0.467 e. The molecular formula is C21H20BrN5O2. The van der Waals surface area contributed by atoms with E-state index in [9.17, 15) is 4.79 Å². The van der Waals surface area contributed by atoms with Crippen LogP contribution < -0.4 is 15.5 Å². The van der Waals surface area contributed by atoms with Gasteiger partial charge in [-0.15, -0.1) is 0 Å². The van der Waals surface area contributed by atoms with Gasteiger partial charge in [-0.25, -0.2) is 10.4 Å². The van der Waals surface area contributed by atoms with Gasteiger partial charge in [0.2, 0.25) is 11.8 Å². The maximum absolute atomic E-state index is 11.9. The number of amides is 1. The second-order valence-corrected chi connectivity index (χ2v) is 7.06. The van der Waals surface area contributed by atoms with E-state index in [0.717, 1.165) is 21.3 Å². The number of carbonyl (C=O) groups excluding carboxylic acids is 1. The van der Waals surface area contributed by atoms with E-state index in [4.69, 9.17) is 4.74 Å². The molecule has 0 saturated heterocycles. The molecule has 3 aromatic rings. The normalized spacial score (nSPS) is 10.7. The first-order valence-corrected chi connectivity index (χ1v) is 9.71. The van der Waals surface area contributed by atoms with Crippen molar-refractivity contribution in [1.82, 2.24) is 15.4 Å². The molecule has 3 rings (SSSR count). The fraction of sp³-hybridized carbons (Fsp3) is 0.143. The highest BCUT2D eigenvalue weighted by atomic mass is 79.9. The van der Waals surface area contributed by atoms with Crippen LogP contribution in [0, 0.1) is 6.92 Å². The van der Waals surface area contributed by atoms with Crippen LogP contribution in [0.25, 0.3) is 0 Å². The molecule has 148 valence electrons. The summed E-state index contributed by atoms with van der Waals surface area (Å²) < 4.78 is 6.45. The van der Waals surface area contributed by atoms with Gasteiger partial charge in [0.15, 0.2) is 6.61 Å². The van der Waals surface area contributed by atoms with Crippen LogP contribution in [0.5, 0.6) is 5.88 Å². The van der Waals surface area contributed by atoms with Gasteiger partial charge in [-0.1, -0.05) is 58.4 Å². The molecule has 0 unspecified atom stereocenters. The van der Waals surface area contributed by atoms with Crippen molar-refractivity contribution in [3.8, 4) is 5.88 Å². The topological polar surface area (TPSA) is 88.5 Å². The number of hydrogen-bond donors (Lipinski definition) is 2. The fourth-order valence-electron chi connectivity index (χ4n) is 2.37. The number of ether oxygens (including phenoxy) is 1. The zero-order chi connectivity index (χ0) is 20.5. The Bertz CT molecular complexity index is 978. The molecule has 0 atom stereocenters. The number of aromatic nitrogens is 2. The van der Waals surface area contributed by atoms with Crippen molar-refractivity contribution in [3.05, 3.63) is 82.0 Å². The first kappa shape index (κ1) is 20.5. The minimum Gasteiger partial charge on any atom is -0.467 e. The van der Waals surface area contributed by atoms with Gasteiger partial charge in [-0.2, -0.15) is 10.1 Å². The molecule has 0 bridgehead atoms. The van der Waals surface area contributed by atoms with Crippen LogP contribution in [0.3, 0.4) is 0 Å². The molecule has 8 heteroatoms. The molecule has 1 aromatic heterocycles. The summed E-state index contributed by atoms with van der Waals surface area (Å²) in [6.45, 7) is 2.23. The smallest absolute Gasteiger partial charge is 0.278 e. The molecule has 0 saturated carbocycles. The summed E-state index contributed by atoms with van der Waals surface area (Å²) in [5, 5.41) is 7.07. The van der Waals surface area contributed by atoms with Gasteiger partial charge in [-0.05, 0) is 30.2 Å².